The van der Waals surface area contributed by atoms with Gasteiger partial charge in [-0.15, -0.1) is 0 Å². The minimum Gasteiger partial charge on any atom is -0.491 e. The average Bonchev–Trinajstić information content (AvgIpc) is 2.29. The maximum atomic E-state index is 11.5. The van der Waals surface area contributed by atoms with Crippen LogP contribution in [0.2, 0.25) is 0 Å². The zero-order chi connectivity index (χ0) is 12.7. The molecule has 0 aliphatic carbocycles. The Balaban J connectivity index is 2.52. The van der Waals surface area contributed by atoms with Crippen molar-refractivity contribution >= 4 is 5.91 Å². The quantitative estimate of drug-likeness (QED) is 0.466. The van der Waals surface area contributed by atoms with Crippen molar-refractivity contribution in [3.63, 3.8) is 0 Å². The topological polar surface area (TPSA) is 56.8 Å². The molecule has 0 fully saturated rings. The van der Waals surface area contributed by atoms with Crippen molar-refractivity contribution in [1.82, 2.24) is 5.48 Å². The van der Waals surface area contributed by atoms with Gasteiger partial charge in [-0.2, -0.15) is 0 Å². The Kier molecular flexibility index (Phi) is 5.45. The van der Waals surface area contributed by atoms with E-state index in [-0.39, 0.29) is 18.8 Å². The molecule has 1 rings (SSSR count). The molecule has 0 aromatic heterocycles. The van der Waals surface area contributed by atoms with Crippen LogP contribution in [0.4, 0.5) is 0 Å². The van der Waals surface area contributed by atoms with Gasteiger partial charge in [-0.25, -0.2) is 10.3 Å². The normalized spacial score (nSPS) is 10.4. The molecule has 0 unspecified atom stereocenters. The third-order valence-corrected chi connectivity index (χ3v) is 1.83. The van der Waals surface area contributed by atoms with E-state index in [0.717, 1.165) is 5.75 Å². The molecule has 1 aromatic carbocycles. The van der Waals surface area contributed by atoms with Crippen molar-refractivity contribution in [3.05, 3.63) is 29.8 Å². The zero-order valence-electron chi connectivity index (χ0n) is 10.2. The third-order valence-electron chi connectivity index (χ3n) is 1.83. The summed E-state index contributed by atoms with van der Waals surface area (Å²) in [5.74, 6) is 0.410. The Labute approximate surface area is 101 Å². The molecule has 5 nitrogen and oxygen atoms in total. The van der Waals surface area contributed by atoms with Gasteiger partial charge in [0.15, 0.2) is 6.79 Å². The van der Waals surface area contributed by atoms with Crippen molar-refractivity contribution in [2.24, 2.45) is 0 Å². The highest BCUT2D eigenvalue weighted by Gasteiger charge is 2.05. The molecule has 0 aliphatic rings. The summed E-state index contributed by atoms with van der Waals surface area (Å²) in [5.41, 5.74) is 2.75. The molecular weight excluding hydrogens is 222 g/mol. The Morgan fingerprint density at radius 1 is 1.29 bits per heavy atom. The van der Waals surface area contributed by atoms with E-state index in [0.29, 0.717) is 5.56 Å². The SMILES string of the molecule is COCONC(=O)c1ccc(OC(C)C)cc1. The van der Waals surface area contributed by atoms with E-state index in [1.807, 2.05) is 13.8 Å². The molecule has 0 radical (unpaired) electrons. The molecular formula is C12H17NO4. The van der Waals surface area contributed by atoms with Gasteiger partial charge in [0.25, 0.3) is 5.91 Å². The van der Waals surface area contributed by atoms with Crippen molar-refractivity contribution in [3.8, 4) is 5.75 Å². The lowest BCUT2D eigenvalue weighted by Crippen LogP contribution is -2.24. The van der Waals surface area contributed by atoms with Crippen LogP contribution in [0.15, 0.2) is 24.3 Å². The van der Waals surface area contributed by atoms with Gasteiger partial charge < -0.3 is 9.47 Å². The molecule has 0 spiro atoms. The van der Waals surface area contributed by atoms with Crippen LogP contribution in [0.1, 0.15) is 24.2 Å². The molecule has 0 saturated carbocycles. The Bertz CT molecular complexity index is 348. The number of carbonyl (C=O) groups excluding carboxylic acids is 1. The lowest BCUT2D eigenvalue weighted by atomic mass is 10.2. The molecule has 0 aliphatic heterocycles. The van der Waals surface area contributed by atoms with Gasteiger partial charge >= 0.3 is 0 Å². The molecule has 0 atom stereocenters. The smallest absolute Gasteiger partial charge is 0.274 e. The second-order valence-corrected chi connectivity index (χ2v) is 3.67. The van der Waals surface area contributed by atoms with Gasteiger partial charge in [0.2, 0.25) is 0 Å². The molecule has 1 amide bonds. The fourth-order valence-electron chi connectivity index (χ4n) is 1.17. The molecule has 0 bridgehead atoms. The van der Waals surface area contributed by atoms with Crippen LogP contribution < -0.4 is 10.2 Å². The van der Waals surface area contributed by atoms with Crippen LogP contribution in [0, 0.1) is 0 Å². The highest BCUT2D eigenvalue weighted by molar-refractivity contribution is 5.93. The van der Waals surface area contributed by atoms with Gasteiger partial charge in [0.1, 0.15) is 5.75 Å². The number of methoxy groups -OCH3 is 1. The van der Waals surface area contributed by atoms with Gasteiger partial charge in [0.05, 0.1) is 6.10 Å². The maximum Gasteiger partial charge on any atom is 0.274 e. The second-order valence-electron chi connectivity index (χ2n) is 3.67. The minimum atomic E-state index is -0.321. The van der Waals surface area contributed by atoms with Gasteiger partial charge in [-0.3, -0.25) is 4.79 Å². The number of nitrogens with one attached hydrogen (secondary N) is 1. The summed E-state index contributed by atoms with van der Waals surface area (Å²) in [4.78, 5) is 16.3. The first-order valence-electron chi connectivity index (χ1n) is 5.31. The maximum absolute atomic E-state index is 11.5. The lowest BCUT2D eigenvalue weighted by molar-refractivity contribution is -0.0704. The fraction of sp³-hybridized carbons (Fsp3) is 0.417. The average molecular weight is 239 g/mol. The summed E-state index contributed by atoms with van der Waals surface area (Å²) < 4.78 is 10.1. The third kappa shape index (κ3) is 4.84. The lowest BCUT2D eigenvalue weighted by Gasteiger charge is -2.10. The monoisotopic (exact) mass is 239 g/mol. The van der Waals surface area contributed by atoms with Crippen molar-refractivity contribution < 1.29 is 19.1 Å². The standard InChI is InChI=1S/C12H17NO4/c1-9(2)17-11-6-4-10(5-7-11)12(14)13-16-8-15-3/h4-7,9H,8H2,1-3H3,(H,13,14). The van der Waals surface area contributed by atoms with Crippen LogP contribution in [0.3, 0.4) is 0 Å². The van der Waals surface area contributed by atoms with E-state index in [2.05, 4.69) is 10.2 Å². The number of hydrogen-bond donors (Lipinski definition) is 1. The van der Waals surface area contributed by atoms with Crippen molar-refractivity contribution in [2.75, 3.05) is 13.9 Å². The second kappa shape index (κ2) is 6.88. The first kappa shape index (κ1) is 13.5. The predicted octanol–water partition coefficient (Wildman–Crippen LogP) is 1.74. The van der Waals surface area contributed by atoms with Gasteiger partial charge in [-0.1, -0.05) is 0 Å². The van der Waals surface area contributed by atoms with E-state index in [1.165, 1.54) is 7.11 Å². The number of hydrogen-bond acceptors (Lipinski definition) is 4. The number of rotatable bonds is 6. The van der Waals surface area contributed by atoms with Crippen LogP contribution in [-0.2, 0) is 9.57 Å². The summed E-state index contributed by atoms with van der Waals surface area (Å²) in [7, 11) is 1.48. The van der Waals surface area contributed by atoms with E-state index in [9.17, 15) is 4.79 Å². The van der Waals surface area contributed by atoms with E-state index in [4.69, 9.17) is 9.57 Å². The number of hydroxylamine groups is 1. The fourth-order valence-corrected chi connectivity index (χ4v) is 1.17. The van der Waals surface area contributed by atoms with Crippen molar-refractivity contribution in [1.29, 1.82) is 0 Å². The minimum absolute atomic E-state index is 0.0142. The molecule has 5 heteroatoms. The number of amides is 1. The van der Waals surface area contributed by atoms with E-state index < -0.39 is 0 Å². The summed E-state index contributed by atoms with van der Waals surface area (Å²) in [6.45, 7) is 3.90. The molecule has 1 N–H and O–H groups in total. The summed E-state index contributed by atoms with van der Waals surface area (Å²) in [6.07, 6.45) is 0.111. The predicted molar refractivity (Wildman–Crippen MR) is 62.6 cm³/mol. The van der Waals surface area contributed by atoms with Crippen LogP contribution in [0.25, 0.3) is 0 Å². The summed E-state index contributed by atoms with van der Waals surface area (Å²) in [6, 6.07) is 6.82. The van der Waals surface area contributed by atoms with Crippen LogP contribution >= 0.6 is 0 Å². The van der Waals surface area contributed by atoms with Crippen molar-refractivity contribution in [2.45, 2.75) is 20.0 Å². The number of carbonyl (C=O) groups is 1. The molecule has 94 valence electrons. The molecule has 17 heavy (non-hydrogen) atoms. The Hall–Kier alpha value is -1.59. The van der Waals surface area contributed by atoms with Gasteiger partial charge in [-0.05, 0) is 38.1 Å². The van der Waals surface area contributed by atoms with E-state index >= 15 is 0 Å². The largest absolute Gasteiger partial charge is 0.491 e. The first-order chi connectivity index (χ1) is 8.13. The molecule has 0 heterocycles. The summed E-state index contributed by atoms with van der Waals surface area (Å²) >= 11 is 0. The molecule has 1 aromatic rings. The Morgan fingerprint density at radius 2 is 1.94 bits per heavy atom. The van der Waals surface area contributed by atoms with Crippen LogP contribution in [-0.4, -0.2) is 25.9 Å². The highest BCUT2D eigenvalue weighted by atomic mass is 16.8. The highest BCUT2D eigenvalue weighted by Crippen LogP contribution is 2.13. The summed E-state index contributed by atoms with van der Waals surface area (Å²) in [5, 5.41) is 0. The Morgan fingerprint density at radius 3 is 2.47 bits per heavy atom. The zero-order valence-corrected chi connectivity index (χ0v) is 10.2. The van der Waals surface area contributed by atoms with Crippen LogP contribution in [0.5, 0.6) is 5.75 Å². The van der Waals surface area contributed by atoms with Gasteiger partial charge in [0, 0.05) is 12.7 Å². The number of benzene rings is 1. The first-order valence-corrected chi connectivity index (χ1v) is 5.31. The number of ether oxygens (including phenoxy) is 2. The molecule has 0 saturated heterocycles. The van der Waals surface area contributed by atoms with E-state index in [1.54, 1.807) is 24.3 Å².